The van der Waals surface area contributed by atoms with Crippen molar-refractivity contribution < 1.29 is 4.79 Å². The third kappa shape index (κ3) is 4.12. The Labute approximate surface area is 177 Å². The van der Waals surface area contributed by atoms with Crippen molar-refractivity contribution in [3.8, 4) is 0 Å². The van der Waals surface area contributed by atoms with E-state index in [0.29, 0.717) is 31.2 Å². The predicted octanol–water partition coefficient (Wildman–Crippen LogP) is 1.62. The summed E-state index contributed by atoms with van der Waals surface area (Å²) >= 11 is 0. The first kappa shape index (κ1) is 21.6. The first-order valence-electron chi connectivity index (χ1n) is 10.1. The van der Waals surface area contributed by atoms with Gasteiger partial charge in [-0.05, 0) is 44.2 Å². The van der Waals surface area contributed by atoms with Crippen LogP contribution < -0.4 is 16.2 Å². The zero-order valence-corrected chi connectivity index (χ0v) is 18.1. The molecule has 0 saturated carbocycles. The second-order valence-electron chi connectivity index (χ2n) is 8.15. The van der Waals surface area contributed by atoms with E-state index in [1.165, 1.54) is 0 Å². The third-order valence-corrected chi connectivity index (χ3v) is 6.47. The molecule has 2 aliphatic rings. The number of hydrogen-bond acceptors (Lipinski definition) is 4. The molecular formula is C21H30ClN5O2. The second kappa shape index (κ2) is 8.71. The van der Waals surface area contributed by atoms with E-state index in [0.717, 1.165) is 42.2 Å². The molecule has 1 saturated heterocycles. The van der Waals surface area contributed by atoms with Gasteiger partial charge in [-0.15, -0.1) is 12.4 Å². The summed E-state index contributed by atoms with van der Waals surface area (Å²) in [5.41, 5.74) is 4.38. The van der Waals surface area contributed by atoms with Crippen molar-refractivity contribution in [2.24, 2.45) is 13.0 Å². The minimum atomic E-state index is 0. The Balaban J connectivity index is 0.00000240. The number of pyridine rings is 1. The van der Waals surface area contributed by atoms with Crippen LogP contribution in [0, 0.1) is 19.8 Å². The van der Waals surface area contributed by atoms with Gasteiger partial charge in [-0.1, -0.05) is 6.07 Å². The molecule has 29 heavy (non-hydrogen) atoms. The van der Waals surface area contributed by atoms with Gasteiger partial charge < -0.3 is 15.2 Å². The van der Waals surface area contributed by atoms with Crippen LogP contribution in [0.5, 0.6) is 0 Å². The van der Waals surface area contributed by atoms with Gasteiger partial charge in [-0.2, -0.15) is 5.10 Å². The van der Waals surface area contributed by atoms with Gasteiger partial charge >= 0.3 is 0 Å². The monoisotopic (exact) mass is 419 g/mol. The van der Waals surface area contributed by atoms with Gasteiger partial charge in [0, 0.05) is 56.5 Å². The van der Waals surface area contributed by atoms with Crippen LogP contribution in [0.15, 0.2) is 23.0 Å². The van der Waals surface area contributed by atoms with Crippen molar-refractivity contribution in [3.63, 3.8) is 0 Å². The van der Waals surface area contributed by atoms with Crippen molar-refractivity contribution in [2.45, 2.75) is 45.1 Å². The van der Waals surface area contributed by atoms with Crippen LogP contribution in [0.2, 0.25) is 0 Å². The summed E-state index contributed by atoms with van der Waals surface area (Å²) < 4.78 is 3.79. The topological polar surface area (TPSA) is 81.0 Å². The maximum Gasteiger partial charge on any atom is 0.251 e. The molecule has 1 amide bonds. The highest BCUT2D eigenvalue weighted by molar-refractivity contribution is 5.85. The second-order valence-corrected chi connectivity index (χ2v) is 8.15. The Bertz CT molecular complexity index is 951. The summed E-state index contributed by atoms with van der Waals surface area (Å²) in [5.74, 6) is 0.782. The normalized spacial score (nSPS) is 22.5. The van der Waals surface area contributed by atoms with E-state index in [2.05, 4.69) is 21.8 Å². The zero-order valence-electron chi connectivity index (χ0n) is 17.3. The highest BCUT2D eigenvalue weighted by atomic mass is 35.5. The van der Waals surface area contributed by atoms with Gasteiger partial charge in [-0.3, -0.25) is 14.3 Å². The van der Waals surface area contributed by atoms with E-state index < -0.39 is 0 Å². The van der Waals surface area contributed by atoms with E-state index in [9.17, 15) is 9.59 Å². The van der Waals surface area contributed by atoms with Gasteiger partial charge in [-0.25, -0.2) is 0 Å². The molecule has 7 nitrogen and oxygen atoms in total. The van der Waals surface area contributed by atoms with Crippen molar-refractivity contribution >= 4 is 18.3 Å². The quantitative estimate of drug-likeness (QED) is 0.771. The number of fused-ring (bicyclic) bond motifs is 4. The van der Waals surface area contributed by atoms with E-state index in [1.807, 2.05) is 36.2 Å². The lowest BCUT2D eigenvalue weighted by Crippen LogP contribution is -2.50. The van der Waals surface area contributed by atoms with Crippen LogP contribution in [0.4, 0.5) is 0 Å². The SMILES string of the molecule is Cc1nn(C)c(C)c1CCC(=O)NC[C@H]1[C@@H]2CNC[C@@H](C2)c2cccc(=O)n21.Cl. The van der Waals surface area contributed by atoms with Crippen molar-refractivity contribution in [3.05, 3.63) is 51.2 Å². The lowest BCUT2D eigenvalue weighted by Gasteiger charge is -2.43. The van der Waals surface area contributed by atoms with Gasteiger partial charge in [0.15, 0.2) is 0 Å². The summed E-state index contributed by atoms with van der Waals surface area (Å²) in [6, 6.07) is 5.54. The van der Waals surface area contributed by atoms with E-state index in [-0.39, 0.29) is 29.9 Å². The molecular weight excluding hydrogens is 390 g/mol. The fourth-order valence-corrected chi connectivity index (χ4v) is 4.89. The number of nitrogens with zero attached hydrogens (tertiary/aromatic N) is 3. The zero-order chi connectivity index (χ0) is 19.8. The Hall–Kier alpha value is -2.12. The molecule has 0 aromatic carbocycles. The van der Waals surface area contributed by atoms with Crippen molar-refractivity contribution in [2.75, 3.05) is 19.6 Å². The first-order valence-corrected chi connectivity index (χ1v) is 10.1. The fraction of sp³-hybridized carbons (Fsp3) is 0.571. The lowest BCUT2D eigenvalue weighted by molar-refractivity contribution is -0.121. The van der Waals surface area contributed by atoms with Crippen LogP contribution in [-0.4, -0.2) is 39.9 Å². The number of piperidine rings is 1. The summed E-state index contributed by atoms with van der Waals surface area (Å²) in [6.07, 6.45) is 2.19. The summed E-state index contributed by atoms with van der Waals surface area (Å²) in [7, 11) is 1.93. The molecule has 4 heterocycles. The minimum absolute atomic E-state index is 0. The smallest absolute Gasteiger partial charge is 0.251 e. The molecule has 3 atom stereocenters. The van der Waals surface area contributed by atoms with Gasteiger partial charge in [0.25, 0.3) is 5.56 Å². The molecule has 2 aromatic rings. The molecule has 2 bridgehead atoms. The maximum atomic E-state index is 12.6. The molecule has 2 aromatic heterocycles. The molecule has 2 N–H and O–H groups in total. The molecule has 4 rings (SSSR count). The molecule has 0 radical (unpaired) electrons. The van der Waals surface area contributed by atoms with Gasteiger partial charge in [0.1, 0.15) is 0 Å². The van der Waals surface area contributed by atoms with Crippen molar-refractivity contribution in [1.82, 2.24) is 25.0 Å². The Morgan fingerprint density at radius 3 is 2.83 bits per heavy atom. The minimum Gasteiger partial charge on any atom is -0.354 e. The van der Waals surface area contributed by atoms with E-state index >= 15 is 0 Å². The van der Waals surface area contributed by atoms with Crippen molar-refractivity contribution in [1.29, 1.82) is 0 Å². The molecule has 0 unspecified atom stereocenters. The Morgan fingerprint density at radius 2 is 2.10 bits per heavy atom. The average Bonchev–Trinajstić information content (AvgIpc) is 2.92. The number of hydrogen-bond donors (Lipinski definition) is 2. The summed E-state index contributed by atoms with van der Waals surface area (Å²) in [4.78, 5) is 25.1. The van der Waals surface area contributed by atoms with Crippen LogP contribution in [0.3, 0.4) is 0 Å². The molecule has 2 aliphatic heterocycles. The van der Waals surface area contributed by atoms with E-state index in [4.69, 9.17) is 0 Å². The lowest BCUT2D eigenvalue weighted by atomic mass is 9.79. The number of aromatic nitrogens is 3. The average molecular weight is 420 g/mol. The molecule has 0 aliphatic carbocycles. The van der Waals surface area contributed by atoms with Gasteiger partial charge in [0.05, 0.1) is 11.7 Å². The van der Waals surface area contributed by atoms with Crippen LogP contribution in [-0.2, 0) is 18.3 Å². The number of amides is 1. The van der Waals surface area contributed by atoms with Crippen LogP contribution in [0.1, 0.15) is 47.4 Å². The number of rotatable bonds is 5. The first-order chi connectivity index (χ1) is 13.5. The standard InChI is InChI=1S/C21H29N5O2.ClH/c1-13-17(14(2)25(3)24-13)7-8-20(27)23-12-19-16-9-15(10-22-11-16)18-5-4-6-21(28)26(18)19;/h4-6,15-16,19,22H,7-12H2,1-3H3,(H,23,27);1H/t15-,16+,19+;/m1./s1. The third-order valence-electron chi connectivity index (χ3n) is 6.47. The Morgan fingerprint density at radius 1 is 1.31 bits per heavy atom. The van der Waals surface area contributed by atoms with E-state index in [1.54, 1.807) is 6.07 Å². The van der Waals surface area contributed by atoms with Crippen LogP contribution >= 0.6 is 12.4 Å². The summed E-state index contributed by atoms with van der Waals surface area (Å²) in [5, 5.41) is 11.0. The number of carbonyl (C=O) groups excluding carboxylic acids is 1. The number of carbonyl (C=O) groups is 1. The molecule has 158 valence electrons. The molecule has 0 spiro atoms. The number of halogens is 1. The molecule has 8 heteroatoms. The number of nitrogens with one attached hydrogen (secondary N) is 2. The number of aryl methyl sites for hydroxylation is 2. The van der Waals surface area contributed by atoms with Crippen LogP contribution in [0.25, 0.3) is 0 Å². The fourth-order valence-electron chi connectivity index (χ4n) is 4.89. The largest absolute Gasteiger partial charge is 0.354 e. The highest BCUT2D eigenvalue weighted by Crippen LogP contribution is 2.38. The maximum absolute atomic E-state index is 12.6. The predicted molar refractivity (Wildman–Crippen MR) is 115 cm³/mol. The highest BCUT2D eigenvalue weighted by Gasteiger charge is 2.37. The van der Waals surface area contributed by atoms with Gasteiger partial charge in [0.2, 0.25) is 5.91 Å². The summed E-state index contributed by atoms with van der Waals surface area (Å²) in [6.45, 7) is 6.33. The molecule has 1 fully saturated rings. The Kier molecular flexibility index (Phi) is 6.49.